The van der Waals surface area contributed by atoms with Crippen molar-refractivity contribution in [1.82, 2.24) is 5.32 Å². The van der Waals surface area contributed by atoms with Crippen molar-refractivity contribution < 1.29 is 4.74 Å². The number of hydrogen-bond acceptors (Lipinski definition) is 2. The van der Waals surface area contributed by atoms with Gasteiger partial charge < -0.3 is 10.1 Å². The Balaban J connectivity index is 2.24. The molecular weight excluding hydrogens is 258 g/mol. The molecule has 2 heteroatoms. The lowest BCUT2D eigenvalue weighted by Gasteiger charge is -2.39. The van der Waals surface area contributed by atoms with Crippen molar-refractivity contribution in [3.05, 3.63) is 35.4 Å². The molecule has 0 bridgehead atoms. The molecule has 0 radical (unpaired) electrons. The maximum Gasteiger partial charge on any atom is 0.0475 e. The summed E-state index contributed by atoms with van der Waals surface area (Å²) in [6.07, 6.45) is 2.23. The molecule has 0 saturated carbocycles. The van der Waals surface area contributed by atoms with E-state index in [2.05, 4.69) is 64.2 Å². The average molecular weight is 289 g/mol. The molecule has 1 aromatic carbocycles. The van der Waals surface area contributed by atoms with Crippen LogP contribution in [0.1, 0.15) is 58.6 Å². The van der Waals surface area contributed by atoms with Crippen molar-refractivity contribution in [3.63, 3.8) is 0 Å². The van der Waals surface area contributed by atoms with Crippen LogP contribution in [0.15, 0.2) is 24.3 Å². The Kier molecular flexibility index (Phi) is 5.11. The van der Waals surface area contributed by atoms with E-state index in [9.17, 15) is 0 Å². The zero-order valence-corrected chi connectivity index (χ0v) is 14.3. The van der Waals surface area contributed by atoms with E-state index in [0.29, 0.717) is 6.04 Å². The van der Waals surface area contributed by atoms with Gasteiger partial charge in [-0.3, -0.25) is 0 Å². The van der Waals surface area contributed by atoms with E-state index in [-0.39, 0.29) is 10.8 Å². The summed E-state index contributed by atoms with van der Waals surface area (Å²) < 4.78 is 5.60. The van der Waals surface area contributed by atoms with Crippen LogP contribution in [-0.2, 0) is 15.6 Å². The van der Waals surface area contributed by atoms with E-state index in [1.807, 2.05) is 0 Å². The summed E-state index contributed by atoms with van der Waals surface area (Å²) in [5.41, 5.74) is 3.33. The summed E-state index contributed by atoms with van der Waals surface area (Å²) in [6.45, 7) is 14.0. The topological polar surface area (TPSA) is 21.3 Å². The SMILES string of the molecule is CC(C)NCC1(c2ccc(C(C)(C)C)cc2)CCOCC1. The minimum atomic E-state index is 0.220. The highest BCUT2D eigenvalue weighted by Crippen LogP contribution is 2.35. The fourth-order valence-electron chi connectivity index (χ4n) is 3.05. The maximum atomic E-state index is 5.60. The molecule has 1 fully saturated rings. The van der Waals surface area contributed by atoms with Crippen LogP contribution in [0.25, 0.3) is 0 Å². The molecule has 0 aliphatic carbocycles. The first kappa shape index (κ1) is 16.5. The van der Waals surface area contributed by atoms with E-state index >= 15 is 0 Å². The van der Waals surface area contributed by atoms with Crippen molar-refractivity contribution in [2.24, 2.45) is 0 Å². The molecule has 1 N–H and O–H groups in total. The Bertz CT molecular complexity index is 436. The first-order valence-corrected chi connectivity index (χ1v) is 8.26. The lowest BCUT2D eigenvalue weighted by molar-refractivity contribution is 0.0492. The molecule has 0 atom stereocenters. The highest BCUT2D eigenvalue weighted by atomic mass is 16.5. The molecule has 0 amide bonds. The van der Waals surface area contributed by atoms with Gasteiger partial charge in [0.2, 0.25) is 0 Å². The molecule has 21 heavy (non-hydrogen) atoms. The smallest absolute Gasteiger partial charge is 0.0475 e. The number of rotatable bonds is 4. The summed E-state index contributed by atoms with van der Waals surface area (Å²) in [5.74, 6) is 0. The fourth-order valence-corrected chi connectivity index (χ4v) is 3.05. The molecule has 1 saturated heterocycles. The molecule has 1 aliphatic rings. The molecule has 1 aromatic rings. The van der Waals surface area contributed by atoms with Crippen LogP contribution in [0.2, 0.25) is 0 Å². The van der Waals surface area contributed by atoms with E-state index in [1.165, 1.54) is 11.1 Å². The van der Waals surface area contributed by atoms with E-state index in [1.54, 1.807) is 0 Å². The van der Waals surface area contributed by atoms with Crippen molar-refractivity contribution in [3.8, 4) is 0 Å². The predicted octanol–water partition coefficient (Wildman–Crippen LogP) is 4.03. The average Bonchev–Trinajstić information content (AvgIpc) is 2.45. The number of hydrogen-bond donors (Lipinski definition) is 1. The highest BCUT2D eigenvalue weighted by molar-refractivity contribution is 5.33. The van der Waals surface area contributed by atoms with Gasteiger partial charge in [-0.2, -0.15) is 0 Å². The summed E-state index contributed by atoms with van der Waals surface area (Å²) >= 11 is 0. The second-order valence-electron chi connectivity index (χ2n) is 7.76. The lowest BCUT2D eigenvalue weighted by Crippen LogP contribution is -2.44. The predicted molar refractivity (Wildman–Crippen MR) is 90.0 cm³/mol. The van der Waals surface area contributed by atoms with Crippen LogP contribution in [-0.4, -0.2) is 25.8 Å². The van der Waals surface area contributed by atoms with Gasteiger partial charge in [0.05, 0.1) is 0 Å². The Hall–Kier alpha value is -0.860. The molecule has 1 aliphatic heterocycles. The van der Waals surface area contributed by atoms with Gasteiger partial charge in [-0.15, -0.1) is 0 Å². The zero-order valence-electron chi connectivity index (χ0n) is 14.3. The summed E-state index contributed by atoms with van der Waals surface area (Å²) in [7, 11) is 0. The largest absolute Gasteiger partial charge is 0.381 e. The standard InChI is InChI=1S/C19H31NO/c1-15(2)20-14-19(10-12-21-13-11-19)17-8-6-16(7-9-17)18(3,4)5/h6-9,15,20H,10-14H2,1-5H3. The molecule has 0 aromatic heterocycles. The van der Waals surface area contributed by atoms with E-state index in [4.69, 9.17) is 4.74 Å². The van der Waals surface area contributed by atoms with Crippen LogP contribution >= 0.6 is 0 Å². The molecule has 118 valence electrons. The van der Waals surface area contributed by atoms with Gasteiger partial charge >= 0.3 is 0 Å². The summed E-state index contributed by atoms with van der Waals surface area (Å²) in [6, 6.07) is 9.82. The number of nitrogens with one attached hydrogen (secondary N) is 1. The van der Waals surface area contributed by atoms with Crippen LogP contribution in [0.4, 0.5) is 0 Å². The first-order valence-electron chi connectivity index (χ1n) is 8.26. The third-order valence-electron chi connectivity index (χ3n) is 4.66. The van der Waals surface area contributed by atoms with Crippen molar-refractivity contribution in [2.75, 3.05) is 19.8 Å². The van der Waals surface area contributed by atoms with Crippen LogP contribution in [0, 0.1) is 0 Å². The second kappa shape index (κ2) is 6.50. The molecule has 2 nitrogen and oxygen atoms in total. The van der Waals surface area contributed by atoms with Gasteiger partial charge in [0.25, 0.3) is 0 Å². The number of benzene rings is 1. The third-order valence-corrected chi connectivity index (χ3v) is 4.66. The van der Waals surface area contributed by atoms with Crippen molar-refractivity contribution in [2.45, 2.75) is 64.3 Å². The Morgan fingerprint density at radius 1 is 1.10 bits per heavy atom. The van der Waals surface area contributed by atoms with Crippen LogP contribution in [0.5, 0.6) is 0 Å². The van der Waals surface area contributed by atoms with Gasteiger partial charge in [-0.1, -0.05) is 58.9 Å². The van der Waals surface area contributed by atoms with Gasteiger partial charge in [-0.25, -0.2) is 0 Å². The zero-order chi connectivity index (χ0) is 15.5. The third kappa shape index (κ3) is 4.08. The van der Waals surface area contributed by atoms with Gasteiger partial charge in [0.1, 0.15) is 0 Å². The van der Waals surface area contributed by atoms with E-state index in [0.717, 1.165) is 32.6 Å². The summed E-state index contributed by atoms with van der Waals surface area (Å²) in [4.78, 5) is 0. The Morgan fingerprint density at radius 2 is 1.67 bits per heavy atom. The first-order chi connectivity index (χ1) is 9.83. The maximum absolute atomic E-state index is 5.60. The normalized spacial score (nSPS) is 19.0. The lowest BCUT2D eigenvalue weighted by atomic mass is 9.73. The van der Waals surface area contributed by atoms with Gasteiger partial charge in [0.15, 0.2) is 0 Å². The Morgan fingerprint density at radius 3 is 2.14 bits per heavy atom. The Labute approximate surface area is 130 Å². The second-order valence-corrected chi connectivity index (χ2v) is 7.76. The van der Waals surface area contributed by atoms with Crippen molar-refractivity contribution >= 4 is 0 Å². The minimum absolute atomic E-state index is 0.220. The van der Waals surface area contributed by atoms with Gasteiger partial charge in [-0.05, 0) is 29.4 Å². The van der Waals surface area contributed by atoms with E-state index < -0.39 is 0 Å². The number of ether oxygens (including phenoxy) is 1. The van der Waals surface area contributed by atoms with Crippen molar-refractivity contribution in [1.29, 1.82) is 0 Å². The molecule has 0 spiro atoms. The fraction of sp³-hybridized carbons (Fsp3) is 0.684. The van der Waals surface area contributed by atoms with Crippen LogP contribution < -0.4 is 5.32 Å². The molecule has 0 unspecified atom stereocenters. The highest BCUT2D eigenvalue weighted by Gasteiger charge is 2.34. The minimum Gasteiger partial charge on any atom is -0.381 e. The quantitative estimate of drug-likeness (QED) is 0.903. The molecular formula is C19H31NO. The molecule has 1 heterocycles. The monoisotopic (exact) mass is 289 g/mol. The molecule has 2 rings (SSSR count). The van der Waals surface area contributed by atoms with Crippen LogP contribution in [0.3, 0.4) is 0 Å². The summed E-state index contributed by atoms with van der Waals surface area (Å²) in [5, 5.41) is 3.64. The van der Waals surface area contributed by atoms with Gasteiger partial charge in [0, 0.05) is 31.2 Å².